The van der Waals surface area contributed by atoms with Crippen molar-refractivity contribution in [3.05, 3.63) is 100 Å². The van der Waals surface area contributed by atoms with Crippen molar-refractivity contribution in [1.29, 1.82) is 0 Å². The van der Waals surface area contributed by atoms with Crippen molar-refractivity contribution in [2.45, 2.75) is 11.8 Å². The first-order valence-corrected chi connectivity index (χ1v) is 10.9. The summed E-state index contributed by atoms with van der Waals surface area (Å²) in [4.78, 5) is 38.9. The summed E-state index contributed by atoms with van der Waals surface area (Å²) in [6.07, 6.45) is 0. The van der Waals surface area contributed by atoms with Gasteiger partial charge < -0.3 is 0 Å². The molecule has 0 radical (unpaired) electrons. The van der Waals surface area contributed by atoms with Gasteiger partial charge in [0.15, 0.2) is 5.69 Å². The summed E-state index contributed by atoms with van der Waals surface area (Å²) in [5.41, 5.74) is 6.20. The van der Waals surface area contributed by atoms with E-state index in [-0.39, 0.29) is 22.9 Å². The highest BCUT2D eigenvalue weighted by Crippen LogP contribution is 2.18. The Morgan fingerprint density at radius 3 is 2.25 bits per heavy atom. The smallest absolute Gasteiger partial charge is 0.272 e. The lowest BCUT2D eigenvalue weighted by atomic mass is 10.1. The van der Waals surface area contributed by atoms with Gasteiger partial charge in [0, 0.05) is 10.3 Å². The number of rotatable bonds is 5. The third-order valence-electron chi connectivity index (χ3n) is 4.73. The second kappa shape index (κ2) is 9.49. The van der Waals surface area contributed by atoms with E-state index in [2.05, 4.69) is 16.0 Å². The maximum absolute atomic E-state index is 12.9. The van der Waals surface area contributed by atoms with Gasteiger partial charge in [0.2, 0.25) is 5.91 Å². The molecule has 0 fully saturated rings. The van der Waals surface area contributed by atoms with E-state index in [9.17, 15) is 14.4 Å². The van der Waals surface area contributed by atoms with Gasteiger partial charge in [0.1, 0.15) is 0 Å². The molecule has 1 aromatic heterocycles. The number of hydrogen-bond acceptors (Lipinski definition) is 5. The molecule has 2 amide bonds. The molecule has 0 aliphatic rings. The van der Waals surface area contributed by atoms with E-state index in [1.807, 2.05) is 37.3 Å². The second-order valence-corrected chi connectivity index (χ2v) is 8.10. The Morgan fingerprint density at radius 2 is 1.53 bits per heavy atom. The fourth-order valence-electron chi connectivity index (χ4n) is 3.11. The van der Waals surface area contributed by atoms with Crippen molar-refractivity contribution < 1.29 is 9.59 Å². The number of hydrazine groups is 1. The number of amides is 2. The molecule has 4 aromatic rings. The van der Waals surface area contributed by atoms with E-state index in [0.717, 1.165) is 10.5 Å². The van der Waals surface area contributed by atoms with Crippen molar-refractivity contribution in [3.63, 3.8) is 0 Å². The lowest BCUT2D eigenvalue weighted by molar-refractivity contribution is -0.119. The molecule has 3 aromatic carbocycles. The van der Waals surface area contributed by atoms with Gasteiger partial charge in [-0.3, -0.25) is 25.2 Å². The molecule has 0 saturated carbocycles. The van der Waals surface area contributed by atoms with E-state index >= 15 is 0 Å². The van der Waals surface area contributed by atoms with Crippen molar-refractivity contribution >= 4 is 34.3 Å². The molecule has 0 atom stereocenters. The van der Waals surface area contributed by atoms with Crippen LogP contribution in [0.5, 0.6) is 0 Å². The van der Waals surface area contributed by atoms with E-state index in [1.54, 1.807) is 48.5 Å². The monoisotopic (exact) mass is 444 g/mol. The number of benzene rings is 3. The molecule has 32 heavy (non-hydrogen) atoms. The molecule has 160 valence electrons. The Bertz CT molecular complexity index is 1340. The molecule has 2 N–H and O–H groups in total. The third-order valence-corrected chi connectivity index (χ3v) is 5.74. The Morgan fingerprint density at radius 1 is 0.875 bits per heavy atom. The first-order valence-electron chi connectivity index (χ1n) is 9.89. The maximum atomic E-state index is 12.9. The molecule has 1 heterocycles. The van der Waals surface area contributed by atoms with Crippen molar-refractivity contribution in [1.82, 2.24) is 20.6 Å². The zero-order valence-corrected chi connectivity index (χ0v) is 18.1. The number of nitrogens with one attached hydrogen (secondary N) is 2. The third kappa shape index (κ3) is 4.70. The summed E-state index contributed by atoms with van der Waals surface area (Å²) in [6, 6.07) is 23.4. The fourth-order valence-corrected chi connectivity index (χ4v) is 3.80. The molecule has 0 aliphatic heterocycles. The molecule has 0 spiro atoms. The lowest BCUT2D eigenvalue weighted by Gasteiger charge is -2.12. The van der Waals surface area contributed by atoms with Crippen LogP contribution in [0, 0.1) is 6.92 Å². The van der Waals surface area contributed by atoms with Gasteiger partial charge in [-0.25, -0.2) is 0 Å². The molecule has 0 bridgehead atoms. The predicted molar refractivity (Wildman–Crippen MR) is 125 cm³/mol. The average Bonchev–Trinajstić information content (AvgIpc) is 2.83. The SMILES string of the molecule is Cc1ccc(SCC(=O)NNC(=O)c2nn(-c3ccccc3)c(=O)c3ccccc23)cc1. The van der Waals surface area contributed by atoms with Gasteiger partial charge in [0.25, 0.3) is 11.5 Å². The zero-order chi connectivity index (χ0) is 22.5. The minimum Gasteiger partial charge on any atom is -0.272 e. The van der Waals surface area contributed by atoms with Crippen LogP contribution in [0.3, 0.4) is 0 Å². The van der Waals surface area contributed by atoms with Gasteiger partial charge in [0.05, 0.1) is 16.8 Å². The first-order chi connectivity index (χ1) is 15.5. The largest absolute Gasteiger partial charge is 0.290 e. The summed E-state index contributed by atoms with van der Waals surface area (Å²) in [5.74, 6) is -0.828. The van der Waals surface area contributed by atoms with Gasteiger partial charge in [-0.1, -0.05) is 54.1 Å². The molecular formula is C24H20N4O3S. The Kier molecular flexibility index (Phi) is 6.32. The van der Waals surface area contributed by atoms with Gasteiger partial charge in [-0.2, -0.15) is 9.78 Å². The van der Waals surface area contributed by atoms with Crippen LogP contribution >= 0.6 is 11.8 Å². The molecule has 7 nitrogen and oxygen atoms in total. The zero-order valence-electron chi connectivity index (χ0n) is 17.2. The van der Waals surface area contributed by atoms with Crippen LogP contribution in [-0.4, -0.2) is 27.3 Å². The van der Waals surface area contributed by atoms with Crippen LogP contribution in [0.4, 0.5) is 0 Å². The summed E-state index contributed by atoms with van der Waals surface area (Å²) in [6.45, 7) is 2.00. The van der Waals surface area contributed by atoms with E-state index in [1.165, 1.54) is 16.4 Å². The number of aromatic nitrogens is 2. The number of fused-ring (bicyclic) bond motifs is 1. The van der Waals surface area contributed by atoms with Crippen LogP contribution in [0.25, 0.3) is 16.5 Å². The summed E-state index contributed by atoms with van der Waals surface area (Å²) in [7, 11) is 0. The molecule has 0 aliphatic carbocycles. The van der Waals surface area contributed by atoms with Crippen LogP contribution < -0.4 is 16.4 Å². The number of carbonyl (C=O) groups is 2. The summed E-state index contributed by atoms with van der Waals surface area (Å²) in [5, 5.41) is 5.05. The Labute approximate surface area is 188 Å². The van der Waals surface area contributed by atoms with E-state index in [0.29, 0.717) is 16.5 Å². The van der Waals surface area contributed by atoms with Crippen LogP contribution in [-0.2, 0) is 4.79 Å². The molecule has 0 saturated heterocycles. The molecule has 0 unspecified atom stereocenters. The quantitative estimate of drug-likeness (QED) is 0.364. The van der Waals surface area contributed by atoms with Gasteiger partial charge >= 0.3 is 0 Å². The van der Waals surface area contributed by atoms with Crippen molar-refractivity contribution in [2.24, 2.45) is 0 Å². The number of nitrogens with zero attached hydrogens (tertiary/aromatic N) is 2. The number of thioether (sulfide) groups is 1. The normalized spacial score (nSPS) is 10.7. The standard InChI is InChI=1S/C24H20N4O3S/c1-16-11-13-18(14-12-16)32-15-21(29)25-26-23(30)22-19-9-5-6-10-20(19)24(31)28(27-22)17-7-3-2-4-8-17/h2-14H,15H2,1H3,(H,25,29)(H,26,30). The topological polar surface area (TPSA) is 93.1 Å². The van der Waals surface area contributed by atoms with E-state index in [4.69, 9.17) is 0 Å². The average molecular weight is 445 g/mol. The molecule has 4 rings (SSSR count). The predicted octanol–water partition coefficient (Wildman–Crippen LogP) is 3.25. The highest BCUT2D eigenvalue weighted by Gasteiger charge is 2.18. The van der Waals surface area contributed by atoms with Gasteiger partial charge in [-0.15, -0.1) is 11.8 Å². The molecule has 8 heteroatoms. The van der Waals surface area contributed by atoms with E-state index < -0.39 is 5.91 Å². The van der Waals surface area contributed by atoms with Crippen molar-refractivity contribution in [2.75, 3.05) is 5.75 Å². The number of hydrogen-bond donors (Lipinski definition) is 2. The summed E-state index contributed by atoms with van der Waals surface area (Å²) < 4.78 is 1.19. The van der Waals surface area contributed by atoms with Crippen molar-refractivity contribution in [3.8, 4) is 5.69 Å². The highest BCUT2D eigenvalue weighted by molar-refractivity contribution is 8.00. The fraction of sp³-hybridized carbons (Fsp3) is 0.0833. The van der Waals surface area contributed by atoms with Crippen LogP contribution in [0.15, 0.2) is 88.6 Å². The number of aryl methyl sites for hydroxylation is 1. The van der Waals surface area contributed by atoms with Crippen LogP contribution in [0.1, 0.15) is 16.1 Å². The number of para-hydroxylation sites is 1. The lowest BCUT2D eigenvalue weighted by Crippen LogP contribution is -2.43. The minimum absolute atomic E-state index is 0.0375. The minimum atomic E-state index is -0.612. The summed E-state index contributed by atoms with van der Waals surface area (Å²) >= 11 is 1.36. The maximum Gasteiger partial charge on any atom is 0.290 e. The second-order valence-electron chi connectivity index (χ2n) is 7.05. The Hall–Kier alpha value is -3.91. The highest BCUT2D eigenvalue weighted by atomic mass is 32.2. The molecular weight excluding hydrogens is 424 g/mol. The number of carbonyl (C=O) groups excluding carboxylic acids is 2. The van der Waals surface area contributed by atoms with Gasteiger partial charge in [-0.05, 0) is 37.3 Å². The Balaban J connectivity index is 1.53. The first kappa shape index (κ1) is 21.3. The van der Waals surface area contributed by atoms with Crippen LogP contribution in [0.2, 0.25) is 0 Å².